The third-order valence-electron chi connectivity index (χ3n) is 4.73. The fourth-order valence-corrected chi connectivity index (χ4v) is 3.15. The Morgan fingerprint density at radius 3 is 2.89 bits per heavy atom. The first-order valence-electron chi connectivity index (χ1n) is 9.25. The van der Waals surface area contributed by atoms with Crippen LogP contribution < -0.4 is 16.4 Å². The average Bonchev–Trinajstić information content (AvgIpc) is 3.09. The van der Waals surface area contributed by atoms with Gasteiger partial charge in [-0.25, -0.2) is 0 Å². The first-order chi connectivity index (χ1) is 13.0. The first-order valence-corrected chi connectivity index (χ1v) is 9.25. The molecule has 8 nitrogen and oxygen atoms in total. The molecule has 8 heteroatoms. The third kappa shape index (κ3) is 4.64. The van der Waals surface area contributed by atoms with E-state index in [1.54, 1.807) is 19.3 Å². The second kappa shape index (κ2) is 8.20. The van der Waals surface area contributed by atoms with Crippen LogP contribution in [0.3, 0.4) is 0 Å². The summed E-state index contributed by atoms with van der Waals surface area (Å²) < 4.78 is 2.04. The van der Waals surface area contributed by atoms with Gasteiger partial charge in [-0.05, 0) is 43.9 Å². The highest BCUT2D eigenvalue weighted by molar-refractivity contribution is 5.90. The van der Waals surface area contributed by atoms with E-state index in [0.29, 0.717) is 18.6 Å². The maximum absolute atomic E-state index is 11.1. The van der Waals surface area contributed by atoms with Crippen LogP contribution in [0.1, 0.15) is 53.6 Å². The second-order valence-corrected chi connectivity index (χ2v) is 7.10. The van der Waals surface area contributed by atoms with Gasteiger partial charge in [-0.15, -0.1) is 0 Å². The molecule has 0 radical (unpaired) electrons. The van der Waals surface area contributed by atoms with E-state index in [2.05, 4.69) is 40.7 Å². The Labute approximate surface area is 159 Å². The van der Waals surface area contributed by atoms with E-state index in [1.807, 2.05) is 10.7 Å². The summed E-state index contributed by atoms with van der Waals surface area (Å²) in [6, 6.07) is 4.14. The van der Waals surface area contributed by atoms with E-state index in [0.717, 1.165) is 30.8 Å². The van der Waals surface area contributed by atoms with Crippen molar-refractivity contribution in [1.82, 2.24) is 25.4 Å². The highest BCUT2D eigenvalue weighted by Gasteiger charge is 2.23. The van der Waals surface area contributed by atoms with Gasteiger partial charge in [0.1, 0.15) is 5.69 Å². The minimum absolute atomic E-state index is 0.264. The molecule has 0 saturated heterocycles. The molecule has 1 amide bonds. The summed E-state index contributed by atoms with van der Waals surface area (Å²) in [5, 5.41) is 11.5. The number of hydrogen-bond acceptors (Lipinski definition) is 4. The Morgan fingerprint density at radius 2 is 2.26 bits per heavy atom. The molecule has 1 aliphatic carbocycles. The van der Waals surface area contributed by atoms with Crippen molar-refractivity contribution in [3.05, 3.63) is 47.0 Å². The summed E-state index contributed by atoms with van der Waals surface area (Å²) in [6.45, 7) is 4.85. The molecule has 0 aromatic carbocycles. The Balaban J connectivity index is 1.55. The number of aromatic nitrogens is 3. The van der Waals surface area contributed by atoms with E-state index in [-0.39, 0.29) is 5.69 Å². The van der Waals surface area contributed by atoms with Crippen molar-refractivity contribution < 1.29 is 4.79 Å². The monoisotopic (exact) mass is 369 g/mol. The summed E-state index contributed by atoms with van der Waals surface area (Å²) in [5.41, 5.74) is 8.95. The van der Waals surface area contributed by atoms with Crippen molar-refractivity contribution in [2.75, 3.05) is 7.05 Å². The molecule has 0 bridgehead atoms. The maximum atomic E-state index is 11.1. The Hall–Kier alpha value is -2.90. The number of carbonyl (C=O) groups excluding carboxylic acids is 1. The molecule has 0 aliphatic heterocycles. The minimum atomic E-state index is -0.524. The molecular weight excluding hydrogens is 342 g/mol. The van der Waals surface area contributed by atoms with E-state index in [1.165, 1.54) is 11.3 Å². The van der Waals surface area contributed by atoms with Crippen molar-refractivity contribution in [2.45, 2.75) is 51.7 Å². The van der Waals surface area contributed by atoms with Crippen LogP contribution in [0.25, 0.3) is 0 Å². The minimum Gasteiger partial charge on any atom is -0.364 e. The van der Waals surface area contributed by atoms with Crippen molar-refractivity contribution in [3.8, 4) is 0 Å². The summed E-state index contributed by atoms with van der Waals surface area (Å²) in [4.78, 5) is 19.4. The standard InChI is InChI=1S/C19H27N7O/c1-12(2)26-11-14-5-6-15(8-17(14)25-26)24-19(21-3)23-10-13-4-7-16(18(20)27)22-9-13/h4,7,9,11-12,15H,5-6,8,10H2,1-3H3,(H2,20,27)(H2,21,23,24). The number of carbonyl (C=O) groups is 1. The molecule has 1 unspecified atom stereocenters. The maximum Gasteiger partial charge on any atom is 0.267 e. The molecule has 2 aromatic heterocycles. The third-order valence-corrected chi connectivity index (χ3v) is 4.73. The summed E-state index contributed by atoms with van der Waals surface area (Å²) in [6.07, 6.45) is 6.78. The second-order valence-electron chi connectivity index (χ2n) is 7.10. The van der Waals surface area contributed by atoms with E-state index in [4.69, 9.17) is 10.8 Å². The van der Waals surface area contributed by atoms with Crippen LogP contribution in [0.2, 0.25) is 0 Å². The molecule has 1 atom stereocenters. The number of amides is 1. The van der Waals surface area contributed by atoms with Gasteiger partial charge in [0.15, 0.2) is 5.96 Å². The van der Waals surface area contributed by atoms with Crippen LogP contribution in [0.15, 0.2) is 29.5 Å². The van der Waals surface area contributed by atoms with Crippen LogP contribution in [-0.2, 0) is 19.4 Å². The molecule has 0 spiro atoms. The van der Waals surface area contributed by atoms with Crippen LogP contribution >= 0.6 is 0 Å². The van der Waals surface area contributed by atoms with Crippen LogP contribution in [0.5, 0.6) is 0 Å². The van der Waals surface area contributed by atoms with Gasteiger partial charge < -0.3 is 16.4 Å². The van der Waals surface area contributed by atoms with Gasteiger partial charge in [0.2, 0.25) is 0 Å². The first kappa shape index (κ1) is 18.9. The average molecular weight is 369 g/mol. The molecule has 2 aromatic rings. The normalized spacial score (nSPS) is 16.9. The van der Waals surface area contributed by atoms with Gasteiger partial charge in [-0.1, -0.05) is 6.07 Å². The Bertz CT molecular complexity index is 823. The number of nitrogens with two attached hydrogens (primary N) is 1. The SMILES string of the molecule is CN=C(NCc1ccc(C(N)=O)nc1)NC1CCc2cn(C(C)C)nc2C1. The van der Waals surface area contributed by atoms with Crippen LogP contribution in [-0.4, -0.2) is 39.7 Å². The summed E-state index contributed by atoms with van der Waals surface area (Å²) in [7, 11) is 1.76. The largest absolute Gasteiger partial charge is 0.364 e. The number of pyridine rings is 1. The number of aliphatic imine (C=N–C) groups is 1. The van der Waals surface area contributed by atoms with E-state index >= 15 is 0 Å². The van der Waals surface area contributed by atoms with Gasteiger partial charge in [0, 0.05) is 44.5 Å². The molecule has 27 heavy (non-hydrogen) atoms. The highest BCUT2D eigenvalue weighted by Crippen LogP contribution is 2.21. The molecule has 4 N–H and O–H groups in total. The fourth-order valence-electron chi connectivity index (χ4n) is 3.15. The van der Waals surface area contributed by atoms with Crippen molar-refractivity contribution >= 4 is 11.9 Å². The number of nitrogens with one attached hydrogen (secondary N) is 2. The van der Waals surface area contributed by atoms with Crippen LogP contribution in [0.4, 0.5) is 0 Å². The lowest BCUT2D eigenvalue weighted by molar-refractivity contribution is 0.0995. The lowest BCUT2D eigenvalue weighted by Crippen LogP contribution is -2.45. The Morgan fingerprint density at radius 1 is 1.44 bits per heavy atom. The van der Waals surface area contributed by atoms with Crippen molar-refractivity contribution in [3.63, 3.8) is 0 Å². The smallest absolute Gasteiger partial charge is 0.267 e. The van der Waals surface area contributed by atoms with E-state index in [9.17, 15) is 4.79 Å². The molecular formula is C19H27N7O. The van der Waals surface area contributed by atoms with Gasteiger partial charge in [0.05, 0.1) is 5.69 Å². The summed E-state index contributed by atoms with van der Waals surface area (Å²) >= 11 is 0. The summed E-state index contributed by atoms with van der Waals surface area (Å²) in [5.74, 6) is 0.217. The van der Waals surface area contributed by atoms with Gasteiger partial charge in [0.25, 0.3) is 5.91 Å². The lowest BCUT2D eigenvalue weighted by Gasteiger charge is -2.24. The zero-order valence-electron chi connectivity index (χ0n) is 16.1. The number of aryl methyl sites for hydroxylation is 1. The van der Waals surface area contributed by atoms with Crippen molar-refractivity contribution in [2.24, 2.45) is 10.7 Å². The molecule has 1 aliphatic rings. The molecule has 144 valence electrons. The fraction of sp³-hybridized carbons (Fsp3) is 0.474. The lowest BCUT2D eigenvalue weighted by atomic mass is 9.94. The number of primary amides is 1. The zero-order valence-corrected chi connectivity index (χ0v) is 16.1. The molecule has 0 saturated carbocycles. The van der Waals surface area contributed by atoms with Gasteiger partial charge >= 0.3 is 0 Å². The van der Waals surface area contributed by atoms with Crippen LogP contribution in [0, 0.1) is 0 Å². The molecule has 0 fully saturated rings. The predicted molar refractivity (Wildman–Crippen MR) is 105 cm³/mol. The highest BCUT2D eigenvalue weighted by atomic mass is 16.1. The number of nitrogens with zero attached hydrogens (tertiary/aromatic N) is 4. The topological polar surface area (TPSA) is 110 Å². The van der Waals surface area contributed by atoms with Gasteiger partial charge in [-0.3, -0.25) is 19.5 Å². The zero-order chi connectivity index (χ0) is 19.4. The molecule has 3 rings (SSSR count). The number of fused-ring (bicyclic) bond motifs is 1. The van der Waals surface area contributed by atoms with Crippen molar-refractivity contribution in [1.29, 1.82) is 0 Å². The van der Waals surface area contributed by atoms with Gasteiger partial charge in [-0.2, -0.15) is 5.10 Å². The Kier molecular flexibility index (Phi) is 5.73. The number of hydrogen-bond donors (Lipinski definition) is 3. The molecule has 2 heterocycles. The number of rotatable bonds is 5. The quantitative estimate of drug-likeness (QED) is 0.541. The predicted octanol–water partition coefficient (Wildman–Crippen LogP) is 1.18. The number of guanidine groups is 1. The van der Waals surface area contributed by atoms with E-state index < -0.39 is 5.91 Å².